The minimum absolute atomic E-state index is 0.149. The van der Waals surface area contributed by atoms with Gasteiger partial charge in [0.15, 0.2) is 0 Å². The Labute approximate surface area is 102 Å². The molecular formula is C12H16N2O2S. The van der Waals surface area contributed by atoms with Gasteiger partial charge in [0.05, 0.1) is 17.4 Å². The van der Waals surface area contributed by atoms with Gasteiger partial charge in [-0.2, -0.15) is 5.26 Å². The summed E-state index contributed by atoms with van der Waals surface area (Å²) in [4.78, 5) is 0. The van der Waals surface area contributed by atoms with Crippen LogP contribution in [-0.4, -0.2) is 15.0 Å². The van der Waals surface area contributed by atoms with Crippen LogP contribution in [0.15, 0.2) is 24.3 Å². The van der Waals surface area contributed by atoms with Crippen LogP contribution >= 0.6 is 0 Å². The molecular weight excluding hydrogens is 236 g/mol. The minimum atomic E-state index is -3.36. The summed E-state index contributed by atoms with van der Waals surface area (Å²) in [6, 6.07) is 8.72. The molecule has 0 aliphatic carbocycles. The van der Waals surface area contributed by atoms with Gasteiger partial charge in [-0.1, -0.05) is 32.0 Å². The minimum Gasteiger partial charge on any atom is -0.215 e. The molecule has 1 aromatic carbocycles. The summed E-state index contributed by atoms with van der Waals surface area (Å²) in [6.45, 7) is 4.29. The normalized spacial score (nSPS) is 11.4. The van der Waals surface area contributed by atoms with Crippen molar-refractivity contribution in [2.24, 2.45) is 5.92 Å². The summed E-state index contributed by atoms with van der Waals surface area (Å²) in [6.07, 6.45) is 0. The average Bonchev–Trinajstić information content (AvgIpc) is 2.27. The van der Waals surface area contributed by atoms with Gasteiger partial charge in [0.25, 0.3) is 0 Å². The number of hydrogen-bond acceptors (Lipinski definition) is 3. The lowest BCUT2D eigenvalue weighted by atomic mass is 10.1. The molecule has 0 aromatic heterocycles. The molecule has 0 saturated carbocycles. The fourth-order valence-electron chi connectivity index (χ4n) is 1.30. The summed E-state index contributed by atoms with van der Waals surface area (Å²) in [5, 5.41) is 8.87. The van der Waals surface area contributed by atoms with Gasteiger partial charge in [-0.05, 0) is 17.5 Å². The Kier molecular flexibility index (Phi) is 4.67. The van der Waals surface area contributed by atoms with Crippen molar-refractivity contribution in [2.45, 2.75) is 19.6 Å². The van der Waals surface area contributed by atoms with E-state index in [0.29, 0.717) is 17.7 Å². The molecule has 1 rings (SSSR count). The Hall–Kier alpha value is -1.38. The second kappa shape index (κ2) is 5.80. The summed E-state index contributed by atoms with van der Waals surface area (Å²) in [5.41, 5.74) is 0.939. The summed E-state index contributed by atoms with van der Waals surface area (Å²) < 4.78 is 26.0. The highest BCUT2D eigenvalue weighted by atomic mass is 32.2. The third-order valence-corrected chi connectivity index (χ3v) is 3.49. The van der Waals surface area contributed by atoms with E-state index in [0.717, 1.165) is 0 Å². The third kappa shape index (κ3) is 4.55. The molecule has 0 unspecified atom stereocenters. The molecule has 0 radical (unpaired) electrons. The van der Waals surface area contributed by atoms with Crippen LogP contribution in [0.4, 0.5) is 0 Å². The van der Waals surface area contributed by atoms with Crippen molar-refractivity contribution in [1.29, 1.82) is 5.26 Å². The van der Waals surface area contributed by atoms with Crippen molar-refractivity contribution in [3.05, 3.63) is 35.4 Å². The highest BCUT2D eigenvalue weighted by Crippen LogP contribution is 2.10. The van der Waals surface area contributed by atoms with E-state index in [1.54, 1.807) is 24.3 Å². The lowest BCUT2D eigenvalue weighted by Gasteiger charge is -2.09. The predicted octanol–water partition coefficient (Wildman–Crippen LogP) is 1.63. The Balaban J connectivity index is 2.80. The Morgan fingerprint density at radius 1 is 1.35 bits per heavy atom. The van der Waals surface area contributed by atoms with E-state index >= 15 is 0 Å². The third-order valence-electron chi connectivity index (χ3n) is 2.19. The highest BCUT2D eigenvalue weighted by Gasteiger charge is 2.14. The Morgan fingerprint density at radius 2 is 2.00 bits per heavy atom. The van der Waals surface area contributed by atoms with E-state index in [9.17, 15) is 8.42 Å². The van der Waals surface area contributed by atoms with Crippen molar-refractivity contribution in [1.82, 2.24) is 4.72 Å². The first-order valence-electron chi connectivity index (χ1n) is 5.40. The van der Waals surface area contributed by atoms with Crippen LogP contribution in [0, 0.1) is 17.2 Å². The first kappa shape index (κ1) is 13.7. The topological polar surface area (TPSA) is 70.0 Å². The molecule has 0 spiro atoms. The van der Waals surface area contributed by atoms with Gasteiger partial charge in [0, 0.05) is 6.54 Å². The van der Waals surface area contributed by atoms with Gasteiger partial charge in [-0.15, -0.1) is 0 Å². The molecule has 17 heavy (non-hydrogen) atoms. The van der Waals surface area contributed by atoms with Crippen molar-refractivity contribution in [3.8, 4) is 6.07 Å². The van der Waals surface area contributed by atoms with Crippen molar-refractivity contribution >= 4 is 10.0 Å². The SMILES string of the molecule is CC(C)CNS(=O)(=O)Cc1ccccc1C#N. The monoisotopic (exact) mass is 252 g/mol. The van der Waals surface area contributed by atoms with Crippen LogP contribution in [0.1, 0.15) is 25.0 Å². The Bertz CT molecular complexity index is 516. The van der Waals surface area contributed by atoms with E-state index in [-0.39, 0.29) is 11.7 Å². The zero-order valence-electron chi connectivity index (χ0n) is 9.97. The quantitative estimate of drug-likeness (QED) is 0.866. The zero-order valence-corrected chi connectivity index (χ0v) is 10.8. The predicted molar refractivity (Wildman–Crippen MR) is 66.6 cm³/mol. The molecule has 0 aliphatic heterocycles. The highest BCUT2D eigenvalue weighted by molar-refractivity contribution is 7.88. The van der Waals surface area contributed by atoms with E-state index in [1.807, 2.05) is 19.9 Å². The standard InChI is InChI=1S/C12H16N2O2S/c1-10(2)8-14-17(15,16)9-12-6-4-3-5-11(12)7-13/h3-6,10,14H,8-9H2,1-2H3. The number of nitrogens with zero attached hydrogens (tertiary/aromatic N) is 1. The average molecular weight is 252 g/mol. The number of hydrogen-bond donors (Lipinski definition) is 1. The van der Waals surface area contributed by atoms with Gasteiger partial charge in [-0.25, -0.2) is 13.1 Å². The lowest BCUT2D eigenvalue weighted by molar-refractivity contribution is 0.559. The van der Waals surface area contributed by atoms with Gasteiger partial charge in [-0.3, -0.25) is 0 Å². The fourth-order valence-corrected chi connectivity index (χ4v) is 2.66. The van der Waals surface area contributed by atoms with E-state index < -0.39 is 10.0 Å². The fraction of sp³-hybridized carbons (Fsp3) is 0.417. The van der Waals surface area contributed by atoms with E-state index in [2.05, 4.69) is 4.72 Å². The molecule has 92 valence electrons. The first-order chi connectivity index (χ1) is 7.94. The lowest BCUT2D eigenvalue weighted by Crippen LogP contribution is -2.28. The molecule has 0 amide bonds. The number of nitrogens with one attached hydrogen (secondary N) is 1. The van der Waals surface area contributed by atoms with E-state index in [4.69, 9.17) is 5.26 Å². The van der Waals surface area contributed by atoms with Gasteiger partial charge in [0.2, 0.25) is 10.0 Å². The van der Waals surface area contributed by atoms with Crippen LogP contribution < -0.4 is 4.72 Å². The second-order valence-corrected chi connectivity index (χ2v) is 6.08. The molecule has 0 saturated heterocycles. The number of benzene rings is 1. The molecule has 0 bridgehead atoms. The first-order valence-corrected chi connectivity index (χ1v) is 7.05. The molecule has 4 nitrogen and oxygen atoms in total. The van der Waals surface area contributed by atoms with Crippen LogP contribution in [0.2, 0.25) is 0 Å². The number of nitriles is 1. The molecule has 5 heteroatoms. The van der Waals surface area contributed by atoms with Crippen LogP contribution in [0.5, 0.6) is 0 Å². The van der Waals surface area contributed by atoms with Crippen LogP contribution in [0.25, 0.3) is 0 Å². The molecule has 0 aliphatic rings. The van der Waals surface area contributed by atoms with Gasteiger partial charge >= 0.3 is 0 Å². The molecule has 1 N–H and O–H groups in total. The second-order valence-electron chi connectivity index (χ2n) is 4.27. The Morgan fingerprint density at radius 3 is 2.59 bits per heavy atom. The maximum Gasteiger partial charge on any atom is 0.215 e. The maximum atomic E-state index is 11.8. The smallest absolute Gasteiger partial charge is 0.215 e. The van der Waals surface area contributed by atoms with Crippen molar-refractivity contribution in [2.75, 3.05) is 6.54 Å². The largest absolute Gasteiger partial charge is 0.215 e. The molecule has 0 heterocycles. The maximum absolute atomic E-state index is 11.8. The van der Waals surface area contributed by atoms with Crippen molar-refractivity contribution < 1.29 is 8.42 Å². The molecule has 1 aromatic rings. The summed E-state index contributed by atoms with van der Waals surface area (Å²) >= 11 is 0. The van der Waals surface area contributed by atoms with Crippen molar-refractivity contribution in [3.63, 3.8) is 0 Å². The van der Waals surface area contributed by atoms with Gasteiger partial charge in [0.1, 0.15) is 0 Å². The summed E-state index contributed by atoms with van der Waals surface area (Å²) in [7, 11) is -3.36. The zero-order chi connectivity index (χ0) is 12.9. The van der Waals surface area contributed by atoms with Crippen LogP contribution in [-0.2, 0) is 15.8 Å². The summed E-state index contributed by atoms with van der Waals surface area (Å²) in [5.74, 6) is 0.111. The molecule has 0 atom stereocenters. The van der Waals surface area contributed by atoms with Crippen LogP contribution in [0.3, 0.4) is 0 Å². The van der Waals surface area contributed by atoms with Gasteiger partial charge < -0.3 is 0 Å². The number of sulfonamides is 1. The number of rotatable bonds is 5. The van der Waals surface area contributed by atoms with E-state index in [1.165, 1.54) is 0 Å². The molecule has 0 fully saturated rings.